The van der Waals surface area contributed by atoms with Gasteiger partial charge in [-0.25, -0.2) is 4.79 Å². The van der Waals surface area contributed by atoms with E-state index in [1.54, 1.807) is 6.08 Å². The lowest BCUT2D eigenvalue weighted by Crippen LogP contribution is -1.96. The summed E-state index contributed by atoms with van der Waals surface area (Å²) in [4.78, 5) is 12.9. The fourth-order valence-electron chi connectivity index (χ4n) is 0.933. The Balaban J connectivity index is 2.35. The van der Waals surface area contributed by atoms with Gasteiger partial charge in [-0.1, -0.05) is 36.4 Å². The third-order valence-electron chi connectivity index (χ3n) is 1.54. The molecule has 1 aromatic carbocycles. The maximum Gasteiger partial charge on any atom is 0.397 e. The van der Waals surface area contributed by atoms with Gasteiger partial charge in [0.2, 0.25) is 0 Å². The summed E-state index contributed by atoms with van der Waals surface area (Å²) in [5.41, 5.74) is 8.92. The zero-order valence-corrected chi connectivity index (χ0v) is 7.91. The first-order valence-corrected chi connectivity index (χ1v) is 4.26. The highest BCUT2D eigenvalue weighted by Crippen LogP contribution is 2.00. The average Bonchev–Trinajstić information content (AvgIpc) is 2.26. The van der Waals surface area contributed by atoms with Gasteiger partial charge in [0.15, 0.2) is 0 Å². The Morgan fingerprint density at radius 3 is 2.87 bits per heavy atom. The first-order valence-electron chi connectivity index (χ1n) is 4.26. The van der Waals surface area contributed by atoms with Crippen LogP contribution < -0.4 is 0 Å². The molecule has 0 aliphatic heterocycles. The van der Waals surface area contributed by atoms with E-state index in [0.29, 0.717) is 0 Å². The quantitative estimate of drug-likeness (QED) is 0.430. The van der Waals surface area contributed by atoms with Crippen molar-refractivity contribution < 1.29 is 9.53 Å². The molecule has 0 N–H and O–H groups in total. The molecule has 15 heavy (non-hydrogen) atoms. The largest absolute Gasteiger partial charge is 0.457 e. The van der Waals surface area contributed by atoms with E-state index in [2.05, 4.69) is 14.8 Å². The van der Waals surface area contributed by atoms with E-state index < -0.39 is 6.09 Å². The second-order valence-corrected chi connectivity index (χ2v) is 2.58. The minimum absolute atomic E-state index is 0.0900. The van der Waals surface area contributed by atoms with Gasteiger partial charge in [-0.05, 0) is 17.2 Å². The number of amides is 1. The normalized spacial score (nSPS) is 9.60. The van der Waals surface area contributed by atoms with E-state index in [9.17, 15) is 4.79 Å². The first-order chi connectivity index (χ1) is 7.33. The van der Waals surface area contributed by atoms with Crippen molar-refractivity contribution in [3.05, 3.63) is 52.4 Å². The van der Waals surface area contributed by atoms with Crippen molar-refractivity contribution in [3.8, 4) is 0 Å². The van der Waals surface area contributed by atoms with Gasteiger partial charge in [-0.15, -0.1) is 0 Å². The van der Waals surface area contributed by atoms with Gasteiger partial charge in [0.25, 0.3) is 0 Å². The zero-order chi connectivity index (χ0) is 10.9. The molecule has 0 atom stereocenters. The Kier molecular flexibility index (Phi) is 4.50. The van der Waals surface area contributed by atoms with Crippen LogP contribution in [0.2, 0.25) is 0 Å². The van der Waals surface area contributed by atoms with Crippen molar-refractivity contribution in [3.63, 3.8) is 0 Å². The number of nitrogens with zero attached hydrogens (tertiary/aromatic N) is 3. The minimum Gasteiger partial charge on any atom is -0.457 e. The predicted octanol–water partition coefficient (Wildman–Crippen LogP) is 3.15. The molecular formula is C10H9N3O2. The summed E-state index contributed by atoms with van der Waals surface area (Å²) >= 11 is 0. The van der Waals surface area contributed by atoms with E-state index in [1.165, 1.54) is 0 Å². The molecule has 0 heterocycles. The van der Waals surface area contributed by atoms with Gasteiger partial charge in [0.1, 0.15) is 6.61 Å². The maximum absolute atomic E-state index is 10.6. The topological polar surface area (TPSA) is 75.1 Å². The molecule has 0 bridgehead atoms. The Labute approximate surface area is 86.6 Å². The fourth-order valence-corrected chi connectivity index (χ4v) is 0.933. The van der Waals surface area contributed by atoms with Gasteiger partial charge in [0.05, 0.1) is 0 Å². The number of ether oxygens (including phenoxy) is 1. The van der Waals surface area contributed by atoms with Crippen molar-refractivity contribution in [2.75, 3.05) is 6.61 Å². The second-order valence-electron chi connectivity index (χ2n) is 2.58. The molecule has 0 saturated heterocycles. The SMILES string of the molecule is [N-]=[N+]=NC(=O)OCC=Cc1ccccc1. The van der Waals surface area contributed by atoms with Crippen LogP contribution in [-0.2, 0) is 4.74 Å². The number of benzene rings is 1. The smallest absolute Gasteiger partial charge is 0.397 e. The van der Waals surface area contributed by atoms with Crippen molar-refractivity contribution in [1.82, 2.24) is 0 Å². The lowest BCUT2D eigenvalue weighted by Gasteiger charge is -1.94. The Morgan fingerprint density at radius 2 is 2.20 bits per heavy atom. The number of rotatable bonds is 3. The lowest BCUT2D eigenvalue weighted by molar-refractivity contribution is 0.169. The summed E-state index contributed by atoms with van der Waals surface area (Å²) in [5.74, 6) is 0. The summed E-state index contributed by atoms with van der Waals surface area (Å²) in [5, 5.41) is 2.75. The van der Waals surface area contributed by atoms with Crippen LogP contribution in [0.15, 0.2) is 41.5 Å². The second kappa shape index (κ2) is 6.23. The summed E-state index contributed by atoms with van der Waals surface area (Å²) in [6.07, 6.45) is 2.55. The molecule has 0 saturated carbocycles. The molecule has 0 aliphatic rings. The van der Waals surface area contributed by atoms with Crippen LogP contribution in [-0.4, -0.2) is 12.7 Å². The number of carbonyl (C=O) groups excluding carboxylic acids is 1. The van der Waals surface area contributed by atoms with Crippen molar-refractivity contribution in [1.29, 1.82) is 0 Å². The van der Waals surface area contributed by atoms with E-state index in [0.717, 1.165) is 5.56 Å². The molecule has 76 valence electrons. The fraction of sp³-hybridized carbons (Fsp3) is 0.100. The number of carbonyl (C=O) groups is 1. The van der Waals surface area contributed by atoms with E-state index in [4.69, 9.17) is 5.53 Å². The lowest BCUT2D eigenvalue weighted by atomic mass is 10.2. The van der Waals surface area contributed by atoms with Crippen LogP contribution in [0.3, 0.4) is 0 Å². The highest BCUT2D eigenvalue weighted by atomic mass is 16.5. The molecule has 0 spiro atoms. The molecule has 0 aromatic heterocycles. The predicted molar refractivity (Wildman–Crippen MR) is 56.0 cm³/mol. The molecule has 5 heteroatoms. The van der Waals surface area contributed by atoms with E-state index in [-0.39, 0.29) is 6.61 Å². The zero-order valence-electron chi connectivity index (χ0n) is 7.91. The molecular weight excluding hydrogens is 194 g/mol. The third-order valence-corrected chi connectivity index (χ3v) is 1.54. The van der Waals surface area contributed by atoms with Crippen LogP contribution in [0.1, 0.15) is 5.56 Å². The molecule has 1 rings (SSSR count). The maximum atomic E-state index is 10.6. The Morgan fingerprint density at radius 1 is 1.47 bits per heavy atom. The average molecular weight is 203 g/mol. The molecule has 1 amide bonds. The van der Waals surface area contributed by atoms with Gasteiger partial charge in [-0.2, -0.15) is 0 Å². The molecule has 5 nitrogen and oxygen atoms in total. The monoisotopic (exact) mass is 203 g/mol. The van der Waals surface area contributed by atoms with Crippen LogP contribution >= 0.6 is 0 Å². The van der Waals surface area contributed by atoms with E-state index in [1.807, 2.05) is 36.4 Å². The van der Waals surface area contributed by atoms with E-state index >= 15 is 0 Å². The number of azide groups is 1. The van der Waals surface area contributed by atoms with Gasteiger partial charge < -0.3 is 4.74 Å². The summed E-state index contributed by atoms with van der Waals surface area (Å²) in [6.45, 7) is 0.0900. The highest BCUT2D eigenvalue weighted by Gasteiger charge is 1.93. The van der Waals surface area contributed by atoms with Crippen LogP contribution in [0, 0.1) is 0 Å². The van der Waals surface area contributed by atoms with Gasteiger partial charge >= 0.3 is 6.09 Å². The number of hydrogen-bond acceptors (Lipinski definition) is 2. The van der Waals surface area contributed by atoms with Gasteiger partial charge in [0, 0.05) is 10.0 Å². The number of hydrogen-bond donors (Lipinski definition) is 0. The van der Waals surface area contributed by atoms with Gasteiger partial charge in [-0.3, -0.25) is 0 Å². The highest BCUT2D eigenvalue weighted by molar-refractivity contribution is 5.68. The van der Waals surface area contributed by atoms with Crippen LogP contribution in [0.5, 0.6) is 0 Å². The van der Waals surface area contributed by atoms with Crippen molar-refractivity contribution in [2.45, 2.75) is 0 Å². The minimum atomic E-state index is -0.921. The van der Waals surface area contributed by atoms with Crippen LogP contribution in [0.25, 0.3) is 16.5 Å². The Bertz CT molecular complexity index is 394. The molecule has 0 aliphatic carbocycles. The van der Waals surface area contributed by atoms with Crippen molar-refractivity contribution in [2.24, 2.45) is 5.11 Å². The summed E-state index contributed by atoms with van der Waals surface area (Å²) in [6, 6.07) is 9.58. The summed E-state index contributed by atoms with van der Waals surface area (Å²) in [7, 11) is 0. The summed E-state index contributed by atoms with van der Waals surface area (Å²) < 4.78 is 4.56. The van der Waals surface area contributed by atoms with Crippen molar-refractivity contribution >= 4 is 12.2 Å². The Hall–Kier alpha value is -2.26. The molecule has 0 unspecified atom stereocenters. The molecule has 0 fully saturated rings. The standard InChI is InChI=1S/C10H9N3O2/c11-13-12-10(14)15-8-4-7-9-5-2-1-3-6-9/h1-7H,8H2. The molecule has 1 aromatic rings. The third kappa shape index (κ3) is 4.50. The first kappa shape index (κ1) is 10.8. The molecule has 0 radical (unpaired) electrons. The van der Waals surface area contributed by atoms with Crippen LogP contribution in [0.4, 0.5) is 4.79 Å².